The predicted octanol–water partition coefficient (Wildman–Crippen LogP) is 5.26. The van der Waals surface area contributed by atoms with Gasteiger partial charge in [0.1, 0.15) is 4.21 Å². The van der Waals surface area contributed by atoms with E-state index >= 15 is 0 Å². The molecule has 3 aromatic rings. The summed E-state index contributed by atoms with van der Waals surface area (Å²) in [6, 6.07) is 10.8. The van der Waals surface area contributed by atoms with Gasteiger partial charge in [0.15, 0.2) is 0 Å². The van der Waals surface area contributed by atoms with Crippen molar-refractivity contribution in [3.63, 3.8) is 0 Å². The van der Waals surface area contributed by atoms with Crippen LogP contribution in [0.3, 0.4) is 0 Å². The number of nitrogens with one attached hydrogen (secondary N) is 2. The van der Waals surface area contributed by atoms with E-state index in [0.717, 1.165) is 23.5 Å². The third-order valence-electron chi connectivity index (χ3n) is 5.80. The fraction of sp³-hybridized carbons (Fsp3) is 0.261. The van der Waals surface area contributed by atoms with E-state index in [9.17, 15) is 34.8 Å². The molecule has 1 aliphatic heterocycles. The molecule has 8 nitrogen and oxygen atoms in total. The van der Waals surface area contributed by atoms with Gasteiger partial charge in [0.25, 0.3) is 20.0 Å². The van der Waals surface area contributed by atoms with E-state index in [2.05, 4.69) is 10.0 Å². The van der Waals surface area contributed by atoms with Gasteiger partial charge in [0.2, 0.25) is 5.91 Å². The molecule has 0 spiro atoms. The van der Waals surface area contributed by atoms with Crippen molar-refractivity contribution < 1.29 is 34.8 Å². The van der Waals surface area contributed by atoms with Crippen LogP contribution >= 0.6 is 22.9 Å². The van der Waals surface area contributed by atoms with Gasteiger partial charge in [0, 0.05) is 24.5 Å². The summed E-state index contributed by atoms with van der Waals surface area (Å²) in [7, 11) is -7.94. The molecule has 0 bridgehead atoms. The van der Waals surface area contributed by atoms with Gasteiger partial charge in [-0.15, -0.1) is 11.3 Å². The van der Waals surface area contributed by atoms with Crippen molar-refractivity contribution in [2.45, 2.75) is 28.1 Å². The second kappa shape index (κ2) is 10.8. The van der Waals surface area contributed by atoms with Gasteiger partial charge in [-0.25, -0.2) is 16.8 Å². The maximum atomic E-state index is 13.1. The van der Waals surface area contributed by atoms with E-state index in [-0.39, 0.29) is 27.0 Å². The van der Waals surface area contributed by atoms with Crippen molar-refractivity contribution in [1.29, 1.82) is 0 Å². The Kier molecular flexibility index (Phi) is 8.09. The lowest BCUT2D eigenvalue weighted by Gasteiger charge is -2.30. The molecule has 1 amide bonds. The molecule has 0 radical (unpaired) electrons. The van der Waals surface area contributed by atoms with Crippen molar-refractivity contribution in [2.24, 2.45) is 5.92 Å². The number of anilines is 2. The van der Waals surface area contributed by atoms with E-state index in [1.54, 1.807) is 11.4 Å². The first-order valence-electron chi connectivity index (χ1n) is 11.1. The molecule has 1 aliphatic rings. The second-order valence-corrected chi connectivity index (χ2v) is 13.6. The first-order valence-corrected chi connectivity index (χ1v) is 15.3. The summed E-state index contributed by atoms with van der Waals surface area (Å²) in [6.07, 6.45) is -3.77. The zero-order valence-corrected chi connectivity index (χ0v) is 22.6. The molecule has 4 rings (SSSR count). The molecule has 1 aromatic heterocycles. The summed E-state index contributed by atoms with van der Waals surface area (Å²) < 4.78 is 93.8. The highest BCUT2D eigenvalue weighted by Gasteiger charge is 2.35. The van der Waals surface area contributed by atoms with E-state index in [1.165, 1.54) is 34.6 Å². The Morgan fingerprint density at radius 1 is 1.03 bits per heavy atom. The summed E-state index contributed by atoms with van der Waals surface area (Å²) in [5.74, 6) is -1.01. The number of alkyl halides is 3. The van der Waals surface area contributed by atoms with E-state index in [1.807, 2.05) is 0 Å². The van der Waals surface area contributed by atoms with Gasteiger partial charge in [-0.3, -0.25) is 9.52 Å². The molecule has 38 heavy (non-hydrogen) atoms. The average molecular weight is 608 g/mol. The fourth-order valence-electron chi connectivity index (χ4n) is 3.89. The van der Waals surface area contributed by atoms with Gasteiger partial charge in [-0.2, -0.15) is 17.5 Å². The summed E-state index contributed by atoms with van der Waals surface area (Å²) in [4.78, 5) is 12.6. The van der Waals surface area contributed by atoms with E-state index in [4.69, 9.17) is 11.6 Å². The van der Waals surface area contributed by atoms with E-state index in [0.29, 0.717) is 25.5 Å². The number of hydrogen-bond acceptors (Lipinski definition) is 6. The number of hydrogen-bond donors (Lipinski definition) is 2. The van der Waals surface area contributed by atoms with Crippen LogP contribution in [-0.2, 0) is 31.0 Å². The van der Waals surface area contributed by atoms with Crippen LogP contribution in [0, 0.1) is 5.92 Å². The molecule has 1 saturated heterocycles. The number of piperidine rings is 1. The third kappa shape index (κ3) is 6.31. The molecule has 2 heterocycles. The fourth-order valence-corrected chi connectivity index (χ4v) is 7.84. The molecule has 204 valence electrons. The Morgan fingerprint density at radius 3 is 2.34 bits per heavy atom. The minimum atomic E-state index is -4.76. The molecule has 0 unspecified atom stereocenters. The smallest absolute Gasteiger partial charge is 0.326 e. The first kappa shape index (κ1) is 28.4. The van der Waals surface area contributed by atoms with E-state index < -0.39 is 48.6 Å². The lowest BCUT2D eigenvalue weighted by atomic mass is 9.99. The van der Waals surface area contributed by atoms with Crippen LogP contribution in [0.1, 0.15) is 18.4 Å². The number of sulfonamides is 2. The number of nitrogens with zero attached hydrogens (tertiary/aromatic N) is 1. The van der Waals surface area contributed by atoms with Crippen molar-refractivity contribution in [2.75, 3.05) is 23.1 Å². The zero-order valence-electron chi connectivity index (χ0n) is 19.4. The Balaban J connectivity index is 1.42. The molecule has 0 saturated carbocycles. The monoisotopic (exact) mass is 607 g/mol. The number of halogens is 4. The Hall–Kier alpha value is -2.65. The van der Waals surface area contributed by atoms with Gasteiger partial charge in [-0.05, 0) is 66.8 Å². The number of carbonyl (C=O) groups excluding carboxylic acids is 1. The molecule has 1 fully saturated rings. The highest BCUT2D eigenvalue weighted by Crippen LogP contribution is 2.36. The Morgan fingerprint density at radius 2 is 1.71 bits per heavy atom. The largest absolute Gasteiger partial charge is 0.417 e. The van der Waals surface area contributed by atoms with Crippen LogP contribution in [0.2, 0.25) is 5.02 Å². The van der Waals surface area contributed by atoms with Gasteiger partial charge in [-0.1, -0.05) is 17.7 Å². The summed E-state index contributed by atoms with van der Waals surface area (Å²) in [5.41, 5.74) is -1.22. The van der Waals surface area contributed by atoms with Crippen LogP contribution in [0.15, 0.2) is 69.1 Å². The van der Waals surface area contributed by atoms with Crippen molar-refractivity contribution in [3.8, 4) is 0 Å². The molecule has 2 N–H and O–H groups in total. The first-order chi connectivity index (χ1) is 17.8. The Bertz CT molecular complexity index is 1530. The van der Waals surface area contributed by atoms with Crippen LogP contribution in [-0.4, -0.2) is 40.1 Å². The molecular weight excluding hydrogens is 587 g/mol. The van der Waals surface area contributed by atoms with Crippen LogP contribution in [0.5, 0.6) is 0 Å². The maximum Gasteiger partial charge on any atom is 0.417 e. The maximum absolute atomic E-state index is 13.1. The highest BCUT2D eigenvalue weighted by atomic mass is 35.5. The minimum Gasteiger partial charge on any atom is -0.326 e. The summed E-state index contributed by atoms with van der Waals surface area (Å²) in [6.45, 7) is 0.325. The van der Waals surface area contributed by atoms with Crippen LogP contribution in [0.25, 0.3) is 0 Å². The number of thiophene rings is 1. The quantitative estimate of drug-likeness (QED) is 0.380. The van der Waals surface area contributed by atoms with Crippen molar-refractivity contribution >= 4 is 60.3 Å². The topological polar surface area (TPSA) is 113 Å². The number of carbonyl (C=O) groups is 1. The lowest BCUT2D eigenvalue weighted by Crippen LogP contribution is -2.43. The zero-order chi connectivity index (χ0) is 27.7. The van der Waals surface area contributed by atoms with Crippen molar-refractivity contribution in [3.05, 3.63) is 70.6 Å². The minimum absolute atomic E-state index is 0.0173. The standard InChI is InChI=1S/C23H21ClF3N3O5S3/c24-20-10-7-17(13-19(20)23(25,26)27)29-37(32,33)18-8-5-16(6-9-18)28-22(31)15-3-1-11-30(14-15)38(34,35)21-4-2-12-36-21/h2,4-10,12-13,15,29H,1,3,11,14H2,(H,28,31)/t15-/m0/s1. The number of rotatable bonds is 7. The second-order valence-electron chi connectivity index (χ2n) is 8.45. The molecule has 0 aliphatic carbocycles. The normalized spacial score (nSPS) is 17.2. The highest BCUT2D eigenvalue weighted by molar-refractivity contribution is 7.92. The van der Waals surface area contributed by atoms with Gasteiger partial charge < -0.3 is 5.32 Å². The SMILES string of the molecule is O=C(Nc1ccc(S(=O)(=O)Nc2ccc(Cl)c(C(F)(F)F)c2)cc1)[C@H]1CCCN(S(=O)(=O)c2cccs2)C1. The summed E-state index contributed by atoms with van der Waals surface area (Å²) in [5, 5.41) is 3.76. The van der Waals surface area contributed by atoms with Crippen molar-refractivity contribution in [1.82, 2.24) is 4.31 Å². The average Bonchev–Trinajstić information content (AvgIpc) is 3.41. The van der Waals surface area contributed by atoms with Gasteiger partial charge >= 0.3 is 6.18 Å². The number of benzene rings is 2. The third-order valence-corrected chi connectivity index (χ3v) is 10.8. The predicted molar refractivity (Wildman–Crippen MR) is 138 cm³/mol. The Labute approximate surface area is 226 Å². The van der Waals surface area contributed by atoms with Crippen LogP contribution in [0.4, 0.5) is 24.5 Å². The lowest BCUT2D eigenvalue weighted by molar-refractivity contribution is -0.137. The molecule has 2 aromatic carbocycles. The summed E-state index contributed by atoms with van der Waals surface area (Å²) >= 11 is 6.68. The number of amides is 1. The van der Waals surface area contributed by atoms with Gasteiger partial charge in [0.05, 0.1) is 21.4 Å². The molecule has 1 atom stereocenters. The molecular formula is C23H21ClF3N3O5S3. The molecule has 15 heteroatoms. The van der Waals surface area contributed by atoms with Crippen LogP contribution < -0.4 is 10.0 Å².